The predicted octanol–water partition coefficient (Wildman–Crippen LogP) is -1.02. The van der Waals surface area contributed by atoms with Gasteiger partial charge in [-0.2, -0.15) is 16.8 Å². The maximum atomic E-state index is 12.4. The van der Waals surface area contributed by atoms with Crippen molar-refractivity contribution >= 4 is 43.2 Å². The highest BCUT2D eigenvalue weighted by Crippen LogP contribution is 2.35. The van der Waals surface area contributed by atoms with E-state index in [0.29, 0.717) is 6.07 Å². The monoisotopic (exact) mass is 514 g/mol. The van der Waals surface area contributed by atoms with Crippen LogP contribution in [0.5, 0.6) is 0 Å². The third kappa shape index (κ3) is 9.61. The van der Waals surface area contributed by atoms with Crippen LogP contribution in [0, 0.1) is 20.2 Å². The summed E-state index contributed by atoms with van der Waals surface area (Å²) in [5, 5.41) is 34.0. The van der Waals surface area contributed by atoms with Crippen LogP contribution in [0.15, 0.2) is 12.1 Å². The van der Waals surface area contributed by atoms with Gasteiger partial charge >= 0.3 is 0 Å². The van der Waals surface area contributed by atoms with Crippen LogP contribution >= 0.6 is 0 Å². The van der Waals surface area contributed by atoms with Crippen LogP contribution in [-0.2, 0) is 28.6 Å². The summed E-state index contributed by atoms with van der Waals surface area (Å²) in [4.78, 5) is 34.4. The summed E-state index contributed by atoms with van der Waals surface area (Å²) >= 11 is 0. The first-order chi connectivity index (χ1) is 15.2. The molecule has 1 amide bonds. The Hall–Kier alpha value is -2.93. The maximum Gasteiger partial charge on any atom is 0.299 e. The van der Waals surface area contributed by atoms with E-state index in [1.807, 2.05) is 0 Å². The van der Waals surface area contributed by atoms with Gasteiger partial charge in [0.2, 0.25) is 0 Å². The molecule has 0 unspecified atom stereocenters. The molecule has 0 spiro atoms. The molecule has 0 heterocycles. The number of nitro groups is 2. The molecule has 0 aliphatic heterocycles. The van der Waals surface area contributed by atoms with Gasteiger partial charge in [0.15, 0.2) is 0 Å². The van der Waals surface area contributed by atoms with E-state index in [9.17, 15) is 41.9 Å². The fourth-order valence-corrected chi connectivity index (χ4v) is 3.27. The standard InChI is InChI=1S/C15H22N4O12S2/c1-32(26,27)30-7-4-17(5-8-31-33(2,28)29)13-9-11(15(21)16-3-6-20)12(18(22)23)10-14(13)19(24)25/h9-10,20H,3-8H2,1-2H3,(H,16,21). The highest BCUT2D eigenvalue weighted by atomic mass is 32.2. The number of hydrogen-bond acceptors (Lipinski definition) is 13. The van der Waals surface area contributed by atoms with E-state index in [2.05, 4.69) is 13.7 Å². The zero-order valence-corrected chi connectivity index (χ0v) is 19.1. The number of nitrogens with zero attached hydrogens (tertiary/aromatic N) is 3. The van der Waals surface area contributed by atoms with Crippen LogP contribution in [-0.4, -0.2) is 89.7 Å². The number of amides is 1. The Kier molecular flexibility index (Phi) is 10.0. The molecule has 0 saturated carbocycles. The van der Waals surface area contributed by atoms with Gasteiger partial charge in [-0.05, 0) is 6.07 Å². The number of carbonyl (C=O) groups excluding carboxylic acids is 1. The van der Waals surface area contributed by atoms with Crippen molar-refractivity contribution in [3.8, 4) is 0 Å². The molecule has 0 aromatic heterocycles. The molecule has 1 rings (SSSR count). The van der Waals surface area contributed by atoms with Crippen molar-refractivity contribution in [1.29, 1.82) is 0 Å². The Labute approximate surface area is 188 Å². The topological polar surface area (TPSA) is 226 Å². The molecule has 1 aromatic rings. The third-order valence-corrected chi connectivity index (χ3v) is 4.98. The van der Waals surface area contributed by atoms with E-state index in [0.717, 1.165) is 23.5 Å². The second-order valence-electron chi connectivity index (χ2n) is 6.39. The summed E-state index contributed by atoms with van der Waals surface area (Å²) in [6.07, 6.45) is 1.53. The van der Waals surface area contributed by atoms with E-state index in [1.165, 1.54) is 0 Å². The van der Waals surface area contributed by atoms with Gasteiger partial charge in [0.05, 0.1) is 48.2 Å². The number of aliphatic hydroxyl groups is 1. The van der Waals surface area contributed by atoms with Gasteiger partial charge in [-0.1, -0.05) is 0 Å². The number of rotatable bonds is 14. The van der Waals surface area contributed by atoms with Gasteiger partial charge in [-0.25, -0.2) is 0 Å². The van der Waals surface area contributed by atoms with Crippen molar-refractivity contribution in [3.63, 3.8) is 0 Å². The van der Waals surface area contributed by atoms with E-state index in [-0.39, 0.29) is 25.3 Å². The van der Waals surface area contributed by atoms with Gasteiger partial charge in [0.25, 0.3) is 37.5 Å². The Balaban J connectivity index is 3.53. The molecule has 1 aromatic carbocycles. The molecule has 0 atom stereocenters. The molecule has 0 fully saturated rings. The van der Waals surface area contributed by atoms with Gasteiger partial charge < -0.3 is 15.3 Å². The smallest absolute Gasteiger partial charge is 0.299 e. The van der Waals surface area contributed by atoms with Crippen molar-refractivity contribution in [1.82, 2.24) is 5.32 Å². The normalized spacial score (nSPS) is 11.7. The molecule has 33 heavy (non-hydrogen) atoms. The van der Waals surface area contributed by atoms with Gasteiger partial charge in [-0.3, -0.25) is 33.4 Å². The van der Waals surface area contributed by atoms with Crippen molar-refractivity contribution in [2.75, 3.05) is 56.9 Å². The SMILES string of the molecule is CS(=O)(=O)OCCN(CCOS(C)(=O)=O)c1cc(C(=O)NCCO)c([N+](=O)[O-])cc1[N+](=O)[O-]. The first-order valence-electron chi connectivity index (χ1n) is 8.96. The minimum Gasteiger partial charge on any atom is -0.395 e. The fraction of sp³-hybridized carbons (Fsp3) is 0.533. The maximum absolute atomic E-state index is 12.4. The predicted molar refractivity (Wildman–Crippen MR) is 113 cm³/mol. The van der Waals surface area contributed by atoms with Crippen molar-refractivity contribution in [2.45, 2.75) is 0 Å². The van der Waals surface area contributed by atoms with E-state index in [1.54, 1.807) is 0 Å². The first-order valence-corrected chi connectivity index (χ1v) is 12.6. The van der Waals surface area contributed by atoms with Crippen LogP contribution in [0.2, 0.25) is 0 Å². The number of carbonyl (C=O) groups is 1. The summed E-state index contributed by atoms with van der Waals surface area (Å²) in [5.74, 6) is -1.01. The number of anilines is 1. The Bertz CT molecular complexity index is 1070. The Morgan fingerprint density at radius 2 is 1.48 bits per heavy atom. The Morgan fingerprint density at radius 1 is 1.00 bits per heavy atom. The number of aliphatic hydroxyl groups excluding tert-OH is 1. The molecule has 18 heteroatoms. The molecular formula is C15H22N4O12S2. The number of benzene rings is 1. The molecule has 0 aliphatic rings. The van der Waals surface area contributed by atoms with Crippen molar-refractivity contribution < 1.29 is 44.9 Å². The van der Waals surface area contributed by atoms with E-state index in [4.69, 9.17) is 5.11 Å². The molecule has 0 saturated heterocycles. The van der Waals surface area contributed by atoms with Gasteiger partial charge in [0, 0.05) is 19.6 Å². The number of nitro benzene ring substituents is 2. The lowest BCUT2D eigenvalue weighted by Gasteiger charge is -2.24. The van der Waals surface area contributed by atoms with Gasteiger partial charge in [0.1, 0.15) is 11.3 Å². The van der Waals surface area contributed by atoms with E-state index >= 15 is 0 Å². The summed E-state index contributed by atoms with van der Waals surface area (Å²) in [5.41, 5.74) is -2.62. The second-order valence-corrected chi connectivity index (χ2v) is 9.68. The molecule has 0 aliphatic carbocycles. The molecule has 0 radical (unpaired) electrons. The van der Waals surface area contributed by atoms with Gasteiger partial charge in [-0.15, -0.1) is 0 Å². The Morgan fingerprint density at radius 3 is 1.88 bits per heavy atom. The summed E-state index contributed by atoms with van der Waals surface area (Å²) in [7, 11) is -7.77. The third-order valence-electron chi connectivity index (χ3n) is 3.79. The quantitative estimate of drug-likeness (QED) is 0.172. The lowest BCUT2D eigenvalue weighted by atomic mass is 10.1. The van der Waals surface area contributed by atoms with Crippen LogP contribution < -0.4 is 10.2 Å². The molecule has 186 valence electrons. The highest BCUT2D eigenvalue weighted by molar-refractivity contribution is 7.86. The lowest BCUT2D eigenvalue weighted by molar-refractivity contribution is -0.393. The van der Waals surface area contributed by atoms with Crippen LogP contribution in [0.25, 0.3) is 0 Å². The largest absolute Gasteiger partial charge is 0.395 e. The summed E-state index contributed by atoms with van der Waals surface area (Å²) < 4.78 is 54.1. The van der Waals surface area contributed by atoms with Crippen LogP contribution in [0.1, 0.15) is 10.4 Å². The fourth-order valence-electron chi connectivity index (χ4n) is 2.51. The van der Waals surface area contributed by atoms with E-state index < -0.39 is 72.7 Å². The zero-order valence-electron chi connectivity index (χ0n) is 17.5. The lowest BCUT2D eigenvalue weighted by Crippen LogP contribution is -2.33. The molecule has 16 nitrogen and oxygen atoms in total. The average Bonchev–Trinajstić information content (AvgIpc) is 2.67. The molecular weight excluding hydrogens is 492 g/mol. The second kappa shape index (κ2) is 11.8. The number of hydrogen-bond donors (Lipinski definition) is 2. The van der Waals surface area contributed by atoms with Crippen molar-refractivity contribution in [3.05, 3.63) is 37.9 Å². The van der Waals surface area contributed by atoms with Crippen molar-refractivity contribution in [2.24, 2.45) is 0 Å². The minimum absolute atomic E-state index is 0.254. The van der Waals surface area contributed by atoms with Crippen LogP contribution in [0.3, 0.4) is 0 Å². The summed E-state index contributed by atoms with van der Waals surface area (Å²) in [6, 6.07) is 1.38. The number of nitrogens with one attached hydrogen (secondary N) is 1. The highest BCUT2D eigenvalue weighted by Gasteiger charge is 2.30. The van der Waals surface area contributed by atoms with Crippen LogP contribution in [0.4, 0.5) is 17.1 Å². The molecule has 2 N–H and O–H groups in total. The zero-order chi connectivity index (χ0) is 25.4. The first kappa shape index (κ1) is 28.1. The minimum atomic E-state index is -3.89. The molecule has 0 bridgehead atoms. The summed E-state index contributed by atoms with van der Waals surface area (Å²) in [6.45, 7) is -2.46. The average molecular weight is 514 g/mol.